The number of hydrogen-bond donors (Lipinski definition) is 2. The minimum atomic E-state index is -0.419. The van der Waals surface area contributed by atoms with Gasteiger partial charge in [-0.3, -0.25) is 0 Å². The number of nitrogen functional groups attached to an aromatic ring is 1. The second-order valence-electron chi connectivity index (χ2n) is 4.00. The van der Waals surface area contributed by atoms with Crippen molar-refractivity contribution >= 4 is 44.9 Å². The van der Waals surface area contributed by atoms with Crippen LogP contribution in [0.1, 0.15) is 11.4 Å². The second kappa shape index (κ2) is 5.30. The van der Waals surface area contributed by atoms with E-state index < -0.39 is 5.82 Å². The normalized spacial score (nSPS) is 10.6. The zero-order valence-corrected chi connectivity index (χ0v) is 12.6. The van der Waals surface area contributed by atoms with Crippen LogP contribution in [0.2, 0.25) is 5.02 Å². The van der Waals surface area contributed by atoms with E-state index in [1.54, 1.807) is 13.8 Å². The highest BCUT2D eigenvalue weighted by Gasteiger charge is 2.12. The van der Waals surface area contributed by atoms with E-state index >= 15 is 0 Å². The number of nitrogens with two attached hydrogens (primary N) is 1. The molecule has 1 aromatic heterocycles. The van der Waals surface area contributed by atoms with Crippen molar-refractivity contribution < 1.29 is 4.39 Å². The Morgan fingerprint density at radius 2 is 2.00 bits per heavy atom. The third-order valence-corrected chi connectivity index (χ3v) is 3.47. The Labute approximate surface area is 123 Å². The minimum absolute atomic E-state index is 0.251. The molecule has 0 saturated heterocycles. The van der Waals surface area contributed by atoms with Crippen LogP contribution in [0.5, 0.6) is 0 Å². The Morgan fingerprint density at radius 1 is 1.32 bits per heavy atom. The number of anilines is 3. The summed E-state index contributed by atoms with van der Waals surface area (Å²) in [5.74, 6) is 1.06. The molecule has 0 aliphatic rings. The van der Waals surface area contributed by atoms with Crippen molar-refractivity contribution in [3.05, 3.63) is 38.8 Å². The lowest BCUT2D eigenvalue weighted by atomic mass is 10.2. The molecule has 0 aliphatic carbocycles. The topological polar surface area (TPSA) is 63.8 Å². The zero-order valence-electron chi connectivity index (χ0n) is 10.3. The van der Waals surface area contributed by atoms with E-state index in [0.29, 0.717) is 33.2 Å². The Bertz CT molecular complexity index is 625. The molecule has 0 atom stereocenters. The monoisotopic (exact) mass is 344 g/mol. The van der Waals surface area contributed by atoms with Crippen molar-refractivity contribution in [1.29, 1.82) is 0 Å². The van der Waals surface area contributed by atoms with Crippen molar-refractivity contribution in [1.82, 2.24) is 9.97 Å². The summed E-state index contributed by atoms with van der Waals surface area (Å²) in [6.45, 7) is 3.53. The standard InChI is InChI=1S/C12H11BrClFN4/c1-5-11(16)17-6(2)18-12(5)19-10-8(13)3-7(15)4-9(10)14/h3-4H,1-2H3,(H3,16,17,18,19). The average Bonchev–Trinajstić information content (AvgIpc) is 2.29. The van der Waals surface area contributed by atoms with Gasteiger partial charge in [0.05, 0.1) is 10.7 Å². The molecular formula is C12H11BrClFN4. The van der Waals surface area contributed by atoms with Crippen LogP contribution >= 0.6 is 27.5 Å². The summed E-state index contributed by atoms with van der Waals surface area (Å²) in [4.78, 5) is 8.31. The highest BCUT2D eigenvalue weighted by molar-refractivity contribution is 9.10. The Kier molecular flexibility index (Phi) is 3.91. The third-order valence-electron chi connectivity index (χ3n) is 2.55. The van der Waals surface area contributed by atoms with E-state index in [-0.39, 0.29) is 5.02 Å². The Morgan fingerprint density at radius 3 is 2.63 bits per heavy atom. The molecule has 1 heterocycles. The van der Waals surface area contributed by atoms with Crippen LogP contribution in [-0.4, -0.2) is 9.97 Å². The maximum absolute atomic E-state index is 13.2. The van der Waals surface area contributed by atoms with Crippen LogP contribution < -0.4 is 11.1 Å². The van der Waals surface area contributed by atoms with E-state index in [9.17, 15) is 4.39 Å². The quantitative estimate of drug-likeness (QED) is 0.864. The molecule has 4 nitrogen and oxygen atoms in total. The van der Waals surface area contributed by atoms with Crippen LogP contribution in [0, 0.1) is 19.7 Å². The fraction of sp³-hybridized carbons (Fsp3) is 0.167. The highest BCUT2D eigenvalue weighted by Crippen LogP contribution is 2.34. The number of hydrogen-bond acceptors (Lipinski definition) is 4. The number of nitrogens with zero attached hydrogens (tertiary/aromatic N) is 2. The van der Waals surface area contributed by atoms with Crippen molar-refractivity contribution in [2.75, 3.05) is 11.1 Å². The van der Waals surface area contributed by atoms with Gasteiger partial charge in [0, 0.05) is 10.0 Å². The van der Waals surface area contributed by atoms with Gasteiger partial charge in [0.2, 0.25) is 0 Å². The molecular weight excluding hydrogens is 335 g/mol. The summed E-state index contributed by atoms with van der Waals surface area (Å²) in [7, 11) is 0. The molecule has 0 fully saturated rings. The van der Waals surface area contributed by atoms with Gasteiger partial charge < -0.3 is 11.1 Å². The molecule has 2 rings (SSSR count). The summed E-state index contributed by atoms with van der Waals surface area (Å²) in [5, 5.41) is 3.29. The molecule has 0 unspecified atom stereocenters. The van der Waals surface area contributed by atoms with Gasteiger partial charge >= 0.3 is 0 Å². The molecule has 19 heavy (non-hydrogen) atoms. The SMILES string of the molecule is Cc1nc(N)c(C)c(Nc2c(Cl)cc(F)cc2Br)n1. The van der Waals surface area contributed by atoms with E-state index in [4.69, 9.17) is 17.3 Å². The lowest BCUT2D eigenvalue weighted by Crippen LogP contribution is -2.05. The fourth-order valence-corrected chi connectivity index (χ4v) is 2.45. The summed E-state index contributed by atoms with van der Waals surface area (Å²) < 4.78 is 13.7. The smallest absolute Gasteiger partial charge is 0.139 e. The first-order chi connectivity index (χ1) is 8.88. The number of aromatic nitrogens is 2. The van der Waals surface area contributed by atoms with Gasteiger partial charge in [-0.15, -0.1) is 0 Å². The van der Waals surface area contributed by atoms with Gasteiger partial charge in [-0.25, -0.2) is 14.4 Å². The molecule has 0 radical (unpaired) electrons. The summed E-state index contributed by atoms with van der Waals surface area (Å²) in [6.07, 6.45) is 0. The molecule has 0 amide bonds. The first-order valence-electron chi connectivity index (χ1n) is 5.40. The highest BCUT2D eigenvalue weighted by atomic mass is 79.9. The van der Waals surface area contributed by atoms with Crippen LogP contribution in [0.3, 0.4) is 0 Å². The number of halogens is 3. The average molecular weight is 346 g/mol. The van der Waals surface area contributed by atoms with Crippen molar-refractivity contribution in [3.63, 3.8) is 0 Å². The maximum atomic E-state index is 13.2. The molecule has 100 valence electrons. The molecule has 0 spiro atoms. The number of aryl methyl sites for hydroxylation is 1. The Balaban J connectivity index is 2.48. The van der Waals surface area contributed by atoms with Crippen molar-refractivity contribution in [2.45, 2.75) is 13.8 Å². The zero-order chi connectivity index (χ0) is 14.2. The third kappa shape index (κ3) is 2.96. The van der Waals surface area contributed by atoms with Crippen LogP contribution in [0.25, 0.3) is 0 Å². The first-order valence-corrected chi connectivity index (χ1v) is 6.58. The van der Waals surface area contributed by atoms with Gasteiger partial charge in [0.25, 0.3) is 0 Å². The first kappa shape index (κ1) is 14.0. The molecule has 0 saturated carbocycles. The van der Waals surface area contributed by atoms with Crippen LogP contribution in [-0.2, 0) is 0 Å². The maximum Gasteiger partial charge on any atom is 0.139 e. The van der Waals surface area contributed by atoms with Crippen LogP contribution in [0.4, 0.5) is 21.7 Å². The number of rotatable bonds is 2. The number of nitrogens with one attached hydrogen (secondary N) is 1. The van der Waals surface area contributed by atoms with E-state index in [1.807, 2.05) is 0 Å². The van der Waals surface area contributed by atoms with E-state index in [0.717, 1.165) is 0 Å². The number of benzene rings is 1. The molecule has 3 N–H and O–H groups in total. The second-order valence-corrected chi connectivity index (χ2v) is 5.26. The molecule has 1 aromatic carbocycles. The molecule has 2 aromatic rings. The lowest BCUT2D eigenvalue weighted by Gasteiger charge is -2.13. The molecule has 0 bridgehead atoms. The summed E-state index contributed by atoms with van der Waals surface area (Å²) in [6, 6.07) is 2.54. The van der Waals surface area contributed by atoms with Gasteiger partial charge in [-0.2, -0.15) is 0 Å². The predicted molar refractivity (Wildman–Crippen MR) is 78.3 cm³/mol. The van der Waals surface area contributed by atoms with E-state index in [1.165, 1.54) is 12.1 Å². The molecule has 0 aliphatic heterocycles. The van der Waals surface area contributed by atoms with E-state index in [2.05, 4.69) is 31.2 Å². The largest absolute Gasteiger partial charge is 0.383 e. The van der Waals surface area contributed by atoms with Gasteiger partial charge in [-0.1, -0.05) is 11.6 Å². The van der Waals surface area contributed by atoms with Gasteiger partial charge in [-0.05, 0) is 41.9 Å². The fourth-order valence-electron chi connectivity index (χ4n) is 1.55. The van der Waals surface area contributed by atoms with Crippen molar-refractivity contribution in [3.8, 4) is 0 Å². The summed E-state index contributed by atoms with van der Waals surface area (Å²) in [5.41, 5.74) is 7.02. The van der Waals surface area contributed by atoms with Gasteiger partial charge in [0.15, 0.2) is 0 Å². The minimum Gasteiger partial charge on any atom is -0.383 e. The molecule has 7 heteroatoms. The van der Waals surface area contributed by atoms with Crippen LogP contribution in [0.15, 0.2) is 16.6 Å². The predicted octanol–water partition coefficient (Wildman–Crippen LogP) is 3.97. The Hall–Kier alpha value is -1.40. The van der Waals surface area contributed by atoms with Gasteiger partial charge in [0.1, 0.15) is 23.3 Å². The lowest BCUT2D eigenvalue weighted by molar-refractivity contribution is 0.627. The van der Waals surface area contributed by atoms with Crippen molar-refractivity contribution in [2.24, 2.45) is 0 Å². The summed E-state index contributed by atoms with van der Waals surface area (Å²) >= 11 is 9.26.